The van der Waals surface area contributed by atoms with Gasteiger partial charge in [0.1, 0.15) is 5.82 Å². The number of aromatic nitrogens is 2. The second kappa shape index (κ2) is 11.5. The maximum Gasteiger partial charge on any atom is 0.322 e. The van der Waals surface area contributed by atoms with Crippen molar-refractivity contribution in [3.05, 3.63) is 98.0 Å². The number of anilines is 1. The molecule has 3 aromatic carbocycles. The minimum Gasteiger partial charge on any atom is -0.314 e. The van der Waals surface area contributed by atoms with Crippen LogP contribution in [0.5, 0.6) is 0 Å². The summed E-state index contributed by atoms with van der Waals surface area (Å²) in [6, 6.07) is 19.5. The smallest absolute Gasteiger partial charge is 0.314 e. The van der Waals surface area contributed by atoms with E-state index in [1.807, 2.05) is 68.4 Å². The molecular formula is C29H30BrClN4O2. The van der Waals surface area contributed by atoms with E-state index in [-0.39, 0.29) is 17.5 Å². The van der Waals surface area contributed by atoms with E-state index in [4.69, 9.17) is 16.6 Å². The van der Waals surface area contributed by atoms with Crippen molar-refractivity contribution in [2.24, 2.45) is 5.92 Å². The molecule has 37 heavy (non-hydrogen) atoms. The zero-order chi connectivity index (χ0) is 26.7. The van der Waals surface area contributed by atoms with Crippen LogP contribution < -0.4 is 10.9 Å². The fourth-order valence-electron chi connectivity index (χ4n) is 4.49. The number of hydrogen-bond acceptors (Lipinski definition) is 3. The van der Waals surface area contributed by atoms with Crippen LogP contribution in [-0.2, 0) is 0 Å². The molecule has 1 atom stereocenters. The molecule has 0 saturated heterocycles. The first-order chi connectivity index (χ1) is 17.7. The lowest BCUT2D eigenvalue weighted by Crippen LogP contribution is -2.42. The van der Waals surface area contributed by atoms with Crippen molar-refractivity contribution in [2.45, 2.75) is 40.2 Å². The van der Waals surface area contributed by atoms with Crippen LogP contribution in [0.25, 0.3) is 16.6 Å². The summed E-state index contributed by atoms with van der Waals surface area (Å²) in [4.78, 5) is 34.4. The summed E-state index contributed by atoms with van der Waals surface area (Å²) in [5, 5.41) is 4.13. The molecule has 0 bridgehead atoms. The van der Waals surface area contributed by atoms with Gasteiger partial charge in [0.15, 0.2) is 0 Å². The highest BCUT2D eigenvalue weighted by Gasteiger charge is 2.30. The van der Waals surface area contributed by atoms with Gasteiger partial charge in [0.2, 0.25) is 0 Å². The number of nitrogens with one attached hydrogen (secondary N) is 1. The number of rotatable bonds is 7. The summed E-state index contributed by atoms with van der Waals surface area (Å²) in [6.45, 7) is 8.54. The lowest BCUT2D eigenvalue weighted by Gasteiger charge is -2.33. The predicted octanol–water partition coefficient (Wildman–Crippen LogP) is 7.75. The van der Waals surface area contributed by atoms with Crippen molar-refractivity contribution < 1.29 is 4.79 Å². The normalized spacial score (nSPS) is 12.1. The Bertz CT molecular complexity index is 1480. The Hall–Kier alpha value is -3.16. The fourth-order valence-corrected chi connectivity index (χ4v) is 4.98. The number of aryl methyl sites for hydroxylation is 1. The number of carbonyl (C=O) groups is 1. The second-order valence-electron chi connectivity index (χ2n) is 9.47. The van der Waals surface area contributed by atoms with Crippen molar-refractivity contribution in [2.75, 3.05) is 11.9 Å². The minimum absolute atomic E-state index is 0.178. The topological polar surface area (TPSA) is 67.2 Å². The number of nitrogens with zero attached hydrogens (tertiary/aromatic N) is 3. The van der Waals surface area contributed by atoms with E-state index in [1.54, 1.807) is 21.6 Å². The zero-order valence-electron chi connectivity index (χ0n) is 21.3. The number of hydrogen-bond donors (Lipinski definition) is 1. The lowest BCUT2D eigenvalue weighted by molar-refractivity contribution is 0.171. The van der Waals surface area contributed by atoms with Crippen LogP contribution in [-0.4, -0.2) is 27.0 Å². The van der Waals surface area contributed by atoms with Gasteiger partial charge in [-0.05, 0) is 79.4 Å². The van der Waals surface area contributed by atoms with Crippen LogP contribution in [0.15, 0.2) is 76.0 Å². The number of fused-ring (bicyclic) bond motifs is 1. The molecule has 4 aromatic rings. The standard InChI is InChI=1S/C29H30BrClN4O2/c1-5-25(34(17-18(2)3)29(37)32-22-13-10-20(30)11-14-22)27-33-24-9-7-6-8-23(24)28(36)35(27)26-15-12-21(31)16-19(26)4/h6-16,18,25H,5,17H2,1-4H3,(H,32,37). The largest absolute Gasteiger partial charge is 0.322 e. The highest BCUT2D eigenvalue weighted by Crippen LogP contribution is 2.29. The summed E-state index contributed by atoms with van der Waals surface area (Å²) in [7, 11) is 0. The van der Waals surface area contributed by atoms with Crippen molar-refractivity contribution in [1.29, 1.82) is 0 Å². The van der Waals surface area contributed by atoms with Crippen molar-refractivity contribution in [1.82, 2.24) is 14.5 Å². The molecule has 1 aromatic heterocycles. The van der Waals surface area contributed by atoms with Gasteiger partial charge >= 0.3 is 6.03 Å². The van der Waals surface area contributed by atoms with E-state index in [0.717, 1.165) is 10.0 Å². The average molecular weight is 582 g/mol. The maximum absolute atomic E-state index is 13.9. The summed E-state index contributed by atoms with van der Waals surface area (Å²) in [5.74, 6) is 0.714. The Morgan fingerprint density at radius 3 is 2.46 bits per heavy atom. The quantitative estimate of drug-likeness (QED) is 0.243. The van der Waals surface area contributed by atoms with Gasteiger partial charge in [-0.25, -0.2) is 9.78 Å². The molecule has 2 amide bonds. The van der Waals surface area contributed by atoms with Crippen LogP contribution in [0.1, 0.15) is 44.6 Å². The van der Waals surface area contributed by atoms with Crippen LogP contribution in [0.4, 0.5) is 10.5 Å². The number of benzene rings is 3. The molecule has 0 spiro atoms. The Morgan fingerprint density at radius 1 is 1.11 bits per heavy atom. The van der Waals surface area contributed by atoms with Gasteiger partial charge in [-0.2, -0.15) is 0 Å². The molecule has 0 saturated carbocycles. The number of urea groups is 1. The first-order valence-electron chi connectivity index (χ1n) is 12.3. The van der Waals surface area contributed by atoms with Gasteiger partial charge in [0.25, 0.3) is 5.56 Å². The van der Waals surface area contributed by atoms with Gasteiger partial charge in [0.05, 0.1) is 22.6 Å². The molecule has 1 heterocycles. The third-order valence-electron chi connectivity index (χ3n) is 6.18. The van der Waals surface area contributed by atoms with E-state index in [1.165, 1.54) is 0 Å². The first kappa shape index (κ1) is 26.9. The molecule has 0 fully saturated rings. The predicted molar refractivity (Wildman–Crippen MR) is 155 cm³/mol. The number of carbonyl (C=O) groups excluding carboxylic acids is 1. The molecular weight excluding hydrogens is 552 g/mol. The number of para-hydroxylation sites is 1. The Kier molecular flexibility index (Phi) is 8.35. The Morgan fingerprint density at radius 2 is 1.81 bits per heavy atom. The van der Waals surface area contributed by atoms with Crippen LogP contribution >= 0.6 is 27.5 Å². The molecule has 192 valence electrons. The highest BCUT2D eigenvalue weighted by molar-refractivity contribution is 9.10. The van der Waals surface area contributed by atoms with Gasteiger partial charge in [-0.1, -0.05) is 60.4 Å². The first-order valence-corrected chi connectivity index (χ1v) is 13.5. The van der Waals surface area contributed by atoms with Gasteiger partial charge < -0.3 is 10.2 Å². The van der Waals surface area contributed by atoms with Crippen LogP contribution in [0.2, 0.25) is 5.02 Å². The highest BCUT2D eigenvalue weighted by atomic mass is 79.9. The zero-order valence-corrected chi connectivity index (χ0v) is 23.7. The van der Waals surface area contributed by atoms with E-state index in [9.17, 15) is 9.59 Å². The van der Waals surface area contributed by atoms with Crippen LogP contribution in [0.3, 0.4) is 0 Å². The summed E-state index contributed by atoms with van der Waals surface area (Å²) < 4.78 is 2.57. The summed E-state index contributed by atoms with van der Waals surface area (Å²) >= 11 is 9.67. The van der Waals surface area contributed by atoms with Crippen molar-refractivity contribution in [3.63, 3.8) is 0 Å². The van der Waals surface area contributed by atoms with Gasteiger partial charge in [-0.15, -0.1) is 0 Å². The molecule has 8 heteroatoms. The van der Waals surface area contributed by atoms with Crippen LogP contribution in [0, 0.1) is 12.8 Å². The molecule has 1 unspecified atom stereocenters. The fraction of sp³-hybridized carbons (Fsp3) is 0.276. The lowest BCUT2D eigenvalue weighted by atomic mass is 10.1. The van der Waals surface area contributed by atoms with Crippen molar-refractivity contribution in [3.8, 4) is 5.69 Å². The maximum atomic E-state index is 13.9. The Labute approximate surface area is 230 Å². The van der Waals surface area contributed by atoms with E-state index < -0.39 is 6.04 Å². The van der Waals surface area contributed by atoms with Gasteiger partial charge in [0, 0.05) is 21.7 Å². The van der Waals surface area contributed by atoms with E-state index in [2.05, 4.69) is 35.1 Å². The van der Waals surface area contributed by atoms with Crippen molar-refractivity contribution >= 4 is 50.2 Å². The minimum atomic E-state index is -0.453. The molecule has 0 radical (unpaired) electrons. The number of halogens is 2. The number of amides is 2. The Balaban J connectivity index is 1.90. The van der Waals surface area contributed by atoms with E-state index >= 15 is 0 Å². The monoisotopic (exact) mass is 580 g/mol. The molecule has 0 aliphatic rings. The SMILES string of the molecule is CCC(c1nc2ccccc2c(=O)n1-c1ccc(Cl)cc1C)N(CC(C)C)C(=O)Nc1ccc(Br)cc1. The molecule has 4 rings (SSSR count). The summed E-state index contributed by atoms with van der Waals surface area (Å²) in [5.41, 5.74) is 2.65. The van der Waals surface area contributed by atoms with E-state index in [0.29, 0.717) is 46.1 Å². The third-order valence-corrected chi connectivity index (χ3v) is 6.94. The molecule has 0 aliphatic carbocycles. The molecule has 6 nitrogen and oxygen atoms in total. The van der Waals surface area contributed by atoms with Gasteiger partial charge in [-0.3, -0.25) is 9.36 Å². The second-order valence-corrected chi connectivity index (χ2v) is 10.8. The third kappa shape index (κ3) is 5.89. The molecule has 1 N–H and O–H groups in total. The average Bonchev–Trinajstić information content (AvgIpc) is 2.86. The molecule has 0 aliphatic heterocycles. The summed E-state index contributed by atoms with van der Waals surface area (Å²) in [6.07, 6.45) is 0.567.